The normalized spacial score (nSPS) is 10.1. The number of carbonyl (C=O) groups is 1. The Morgan fingerprint density at radius 1 is 1.50 bits per heavy atom. The lowest BCUT2D eigenvalue weighted by molar-refractivity contribution is -0.123. The fourth-order valence-corrected chi connectivity index (χ4v) is 1.52. The lowest BCUT2D eigenvalue weighted by atomic mass is 10.3. The summed E-state index contributed by atoms with van der Waals surface area (Å²) in [4.78, 5) is 11.4. The van der Waals surface area contributed by atoms with Crippen molar-refractivity contribution in [2.75, 3.05) is 32.6 Å². The molecule has 1 amide bonds. The Balaban J connectivity index is 2.29. The number of nitrogens with two attached hydrogens (primary N) is 1. The third-order valence-electron chi connectivity index (χ3n) is 2.16. The van der Waals surface area contributed by atoms with E-state index >= 15 is 0 Å². The summed E-state index contributed by atoms with van der Waals surface area (Å²) in [6, 6.07) is 4.88. The van der Waals surface area contributed by atoms with E-state index in [1.54, 1.807) is 25.3 Å². The number of benzene rings is 1. The van der Waals surface area contributed by atoms with Crippen molar-refractivity contribution in [1.82, 2.24) is 5.32 Å². The molecule has 0 bridgehead atoms. The van der Waals surface area contributed by atoms with Gasteiger partial charge in [0.2, 0.25) is 0 Å². The maximum Gasteiger partial charge on any atom is 0.257 e. The number of hydrogen-bond acceptors (Lipinski definition) is 4. The van der Waals surface area contributed by atoms with E-state index in [1.165, 1.54) is 0 Å². The molecule has 3 N–H and O–H groups in total. The number of ether oxygens (including phenoxy) is 2. The summed E-state index contributed by atoms with van der Waals surface area (Å²) in [6.07, 6.45) is 0.769. The van der Waals surface area contributed by atoms with E-state index in [0.29, 0.717) is 29.6 Å². The topological polar surface area (TPSA) is 73.6 Å². The second kappa shape index (κ2) is 7.79. The molecule has 1 rings (SSSR count). The van der Waals surface area contributed by atoms with Gasteiger partial charge in [0.1, 0.15) is 5.75 Å². The van der Waals surface area contributed by atoms with Gasteiger partial charge in [0.15, 0.2) is 6.61 Å². The number of methoxy groups -OCH3 is 1. The van der Waals surface area contributed by atoms with Crippen molar-refractivity contribution in [1.29, 1.82) is 0 Å². The summed E-state index contributed by atoms with van der Waals surface area (Å²) >= 11 is 5.91. The van der Waals surface area contributed by atoms with Crippen LogP contribution in [0, 0.1) is 0 Å². The van der Waals surface area contributed by atoms with Crippen LogP contribution in [0.25, 0.3) is 0 Å². The number of amides is 1. The lowest BCUT2D eigenvalue weighted by Crippen LogP contribution is -2.30. The molecule has 0 heterocycles. The van der Waals surface area contributed by atoms with Crippen molar-refractivity contribution < 1.29 is 14.3 Å². The highest BCUT2D eigenvalue weighted by Gasteiger charge is 2.05. The first-order valence-electron chi connectivity index (χ1n) is 5.57. The summed E-state index contributed by atoms with van der Waals surface area (Å²) in [5, 5.41) is 3.10. The highest BCUT2D eigenvalue weighted by molar-refractivity contribution is 6.32. The van der Waals surface area contributed by atoms with E-state index in [-0.39, 0.29) is 12.5 Å². The molecule has 1 aromatic carbocycles. The summed E-state index contributed by atoms with van der Waals surface area (Å²) in [7, 11) is 1.62. The Morgan fingerprint density at radius 2 is 2.28 bits per heavy atom. The zero-order valence-electron chi connectivity index (χ0n) is 10.2. The second-order valence-electron chi connectivity index (χ2n) is 3.67. The van der Waals surface area contributed by atoms with Gasteiger partial charge in [-0.1, -0.05) is 11.6 Å². The van der Waals surface area contributed by atoms with Crippen LogP contribution in [0.2, 0.25) is 5.02 Å². The van der Waals surface area contributed by atoms with Gasteiger partial charge in [0.25, 0.3) is 5.91 Å². The van der Waals surface area contributed by atoms with Crippen LogP contribution in [-0.4, -0.2) is 32.8 Å². The SMILES string of the molecule is COCCCNC(=O)COc1ccc(N)cc1Cl. The minimum Gasteiger partial charge on any atom is -0.482 e. The van der Waals surface area contributed by atoms with Crippen molar-refractivity contribution in [3.63, 3.8) is 0 Å². The molecule has 6 heteroatoms. The summed E-state index contributed by atoms with van der Waals surface area (Å²) in [5.74, 6) is 0.247. The molecule has 0 saturated heterocycles. The van der Waals surface area contributed by atoms with Gasteiger partial charge in [0, 0.05) is 25.9 Å². The predicted octanol–water partition coefficient (Wildman–Crippen LogP) is 1.45. The van der Waals surface area contributed by atoms with Crippen LogP contribution < -0.4 is 15.8 Å². The maximum absolute atomic E-state index is 11.4. The molecular weight excluding hydrogens is 256 g/mol. The summed E-state index contributed by atoms with van der Waals surface area (Å²) in [6.45, 7) is 1.10. The second-order valence-corrected chi connectivity index (χ2v) is 4.08. The first-order valence-corrected chi connectivity index (χ1v) is 5.94. The molecule has 0 atom stereocenters. The molecule has 0 saturated carbocycles. The van der Waals surface area contributed by atoms with E-state index in [2.05, 4.69) is 5.32 Å². The molecule has 18 heavy (non-hydrogen) atoms. The Hall–Kier alpha value is -1.46. The monoisotopic (exact) mass is 272 g/mol. The van der Waals surface area contributed by atoms with Crippen molar-refractivity contribution in [3.8, 4) is 5.75 Å². The first-order chi connectivity index (χ1) is 8.63. The van der Waals surface area contributed by atoms with Gasteiger partial charge < -0.3 is 20.5 Å². The lowest BCUT2D eigenvalue weighted by Gasteiger charge is -2.09. The Bertz CT molecular complexity index is 399. The van der Waals surface area contributed by atoms with Crippen LogP contribution in [-0.2, 0) is 9.53 Å². The largest absolute Gasteiger partial charge is 0.482 e. The number of carbonyl (C=O) groups excluding carboxylic acids is 1. The van der Waals surface area contributed by atoms with Crippen LogP contribution in [0.3, 0.4) is 0 Å². The smallest absolute Gasteiger partial charge is 0.257 e. The molecule has 0 radical (unpaired) electrons. The molecule has 0 aromatic heterocycles. The maximum atomic E-state index is 11.4. The third-order valence-corrected chi connectivity index (χ3v) is 2.46. The van der Waals surface area contributed by atoms with E-state index in [9.17, 15) is 4.79 Å². The number of nitrogens with one attached hydrogen (secondary N) is 1. The number of halogens is 1. The summed E-state index contributed by atoms with van der Waals surface area (Å²) < 4.78 is 10.1. The molecule has 0 fully saturated rings. The molecule has 0 spiro atoms. The zero-order chi connectivity index (χ0) is 13.4. The van der Waals surface area contributed by atoms with Gasteiger partial charge in [-0.25, -0.2) is 0 Å². The van der Waals surface area contributed by atoms with Crippen LogP contribution >= 0.6 is 11.6 Å². The molecule has 100 valence electrons. The van der Waals surface area contributed by atoms with Crippen LogP contribution in [0.15, 0.2) is 18.2 Å². The molecule has 5 nitrogen and oxygen atoms in total. The van der Waals surface area contributed by atoms with Crippen molar-refractivity contribution in [3.05, 3.63) is 23.2 Å². The zero-order valence-corrected chi connectivity index (χ0v) is 11.0. The molecule has 0 unspecified atom stereocenters. The Labute approximate surface area is 111 Å². The molecule has 0 aliphatic rings. The highest BCUT2D eigenvalue weighted by atomic mass is 35.5. The standard InChI is InChI=1S/C12H17ClN2O3/c1-17-6-2-5-15-12(16)8-18-11-4-3-9(14)7-10(11)13/h3-4,7H,2,5-6,8,14H2,1H3,(H,15,16). The summed E-state index contributed by atoms with van der Waals surface area (Å²) in [5.41, 5.74) is 6.10. The molecule has 0 aliphatic carbocycles. The van der Waals surface area contributed by atoms with Crippen LogP contribution in [0.1, 0.15) is 6.42 Å². The van der Waals surface area contributed by atoms with Gasteiger partial charge in [-0.2, -0.15) is 0 Å². The van der Waals surface area contributed by atoms with Gasteiger partial charge in [-0.15, -0.1) is 0 Å². The number of rotatable bonds is 7. The van der Waals surface area contributed by atoms with Crippen molar-refractivity contribution in [2.45, 2.75) is 6.42 Å². The van der Waals surface area contributed by atoms with E-state index in [4.69, 9.17) is 26.8 Å². The first kappa shape index (κ1) is 14.6. The molecule has 0 aliphatic heterocycles. The fourth-order valence-electron chi connectivity index (χ4n) is 1.27. The van der Waals surface area contributed by atoms with Crippen LogP contribution in [0.5, 0.6) is 5.75 Å². The van der Waals surface area contributed by atoms with Gasteiger partial charge in [-0.3, -0.25) is 4.79 Å². The molecule has 1 aromatic rings. The average molecular weight is 273 g/mol. The van der Waals surface area contributed by atoms with Crippen molar-refractivity contribution in [2.24, 2.45) is 0 Å². The predicted molar refractivity (Wildman–Crippen MR) is 70.9 cm³/mol. The third kappa shape index (κ3) is 5.25. The van der Waals surface area contributed by atoms with Gasteiger partial charge in [0.05, 0.1) is 5.02 Å². The minimum absolute atomic E-state index is 0.0728. The fraction of sp³-hybridized carbons (Fsp3) is 0.417. The van der Waals surface area contributed by atoms with E-state index in [1.807, 2.05) is 0 Å². The van der Waals surface area contributed by atoms with Gasteiger partial charge in [-0.05, 0) is 24.6 Å². The van der Waals surface area contributed by atoms with Crippen molar-refractivity contribution >= 4 is 23.2 Å². The number of hydrogen-bond donors (Lipinski definition) is 2. The van der Waals surface area contributed by atoms with Gasteiger partial charge >= 0.3 is 0 Å². The van der Waals surface area contributed by atoms with E-state index in [0.717, 1.165) is 6.42 Å². The number of anilines is 1. The number of nitrogen functional groups attached to an aromatic ring is 1. The quantitative estimate of drug-likeness (QED) is 0.582. The molecular formula is C12H17ClN2O3. The average Bonchev–Trinajstić information content (AvgIpc) is 2.33. The van der Waals surface area contributed by atoms with E-state index < -0.39 is 0 Å². The highest BCUT2D eigenvalue weighted by Crippen LogP contribution is 2.26. The van der Waals surface area contributed by atoms with Crippen LogP contribution in [0.4, 0.5) is 5.69 Å². The Morgan fingerprint density at radius 3 is 2.94 bits per heavy atom. The minimum atomic E-state index is -0.195. The Kier molecular flexibility index (Phi) is 6.32.